The molecular weight excluding hydrogens is 420 g/mol. The maximum absolute atomic E-state index is 13.0. The normalized spacial score (nSPS) is 19.5. The Morgan fingerprint density at radius 3 is 2.42 bits per heavy atom. The molecule has 2 unspecified atom stereocenters. The monoisotopic (exact) mass is 446 g/mol. The molecule has 0 saturated carbocycles. The van der Waals surface area contributed by atoms with Gasteiger partial charge < -0.3 is 14.8 Å². The maximum Gasteiger partial charge on any atom is 0.338 e. The molecule has 1 saturated heterocycles. The van der Waals surface area contributed by atoms with Gasteiger partial charge in [0.05, 0.1) is 22.7 Å². The Morgan fingerprint density at radius 1 is 1.06 bits per heavy atom. The van der Waals surface area contributed by atoms with Crippen LogP contribution < -0.4 is 5.32 Å². The minimum atomic E-state index is -3.79. The molecule has 0 aromatic heterocycles. The van der Waals surface area contributed by atoms with Crippen LogP contribution in [-0.2, 0) is 30.8 Å². The molecule has 3 rings (SSSR count). The van der Waals surface area contributed by atoms with Gasteiger partial charge in [0.1, 0.15) is 0 Å². The average molecular weight is 447 g/mol. The van der Waals surface area contributed by atoms with E-state index in [1.807, 2.05) is 44.2 Å². The SMILES string of the molecule is CC1CN(S(=O)(=O)c2cccc(C(=O)OCC(=O)NCc3ccccc3)c2)CC(C)O1. The lowest BCUT2D eigenvalue weighted by molar-refractivity contribution is -0.124. The molecule has 31 heavy (non-hydrogen) atoms. The fourth-order valence-electron chi connectivity index (χ4n) is 3.32. The molecule has 166 valence electrons. The summed E-state index contributed by atoms with van der Waals surface area (Å²) in [6.45, 7) is 3.97. The first-order valence-electron chi connectivity index (χ1n) is 9.99. The van der Waals surface area contributed by atoms with E-state index in [1.54, 1.807) is 0 Å². The fraction of sp³-hybridized carbons (Fsp3) is 0.364. The molecule has 1 heterocycles. The topological polar surface area (TPSA) is 102 Å². The number of rotatable bonds is 7. The Morgan fingerprint density at radius 2 is 1.74 bits per heavy atom. The first-order chi connectivity index (χ1) is 14.8. The first-order valence-corrected chi connectivity index (χ1v) is 11.4. The zero-order chi connectivity index (χ0) is 22.4. The summed E-state index contributed by atoms with van der Waals surface area (Å²) in [4.78, 5) is 24.3. The van der Waals surface area contributed by atoms with Crippen molar-refractivity contribution >= 4 is 21.9 Å². The lowest BCUT2D eigenvalue weighted by Gasteiger charge is -2.34. The molecule has 1 amide bonds. The van der Waals surface area contributed by atoms with E-state index in [0.717, 1.165) is 5.56 Å². The Labute approximate surface area is 182 Å². The molecule has 1 aliphatic rings. The summed E-state index contributed by atoms with van der Waals surface area (Å²) in [5.41, 5.74) is 0.984. The van der Waals surface area contributed by atoms with Gasteiger partial charge >= 0.3 is 5.97 Å². The summed E-state index contributed by atoms with van der Waals surface area (Å²) in [5, 5.41) is 2.66. The highest BCUT2D eigenvalue weighted by atomic mass is 32.2. The predicted molar refractivity (Wildman–Crippen MR) is 114 cm³/mol. The average Bonchev–Trinajstić information content (AvgIpc) is 2.76. The highest BCUT2D eigenvalue weighted by Crippen LogP contribution is 2.22. The van der Waals surface area contributed by atoms with E-state index in [9.17, 15) is 18.0 Å². The van der Waals surface area contributed by atoms with Gasteiger partial charge in [-0.3, -0.25) is 4.79 Å². The Kier molecular flexibility index (Phi) is 7.42. The number of nitrogens with one attached hydrogen (secondary N) is 1. The van der Waals surface area contributed by atoms with Gasteiger partial charge in [0.15, 0.2) is 6.61 Å². The quantitative estimate of drug-likeness (QED) is 0.653. The van der Waals surface area contributed by atoms with Crippen molar-refractivity contribution < 1.29 is 27.5 Å². The standard InChI is InChI=1S/C22H26N2O6S/c1-16-13-24(14-17(2)30-16)31(27,28)20-10-6-9-19(11-20)22(26)29-15-21(25)23-12-18-7-4-3-5-8-18/h3-11,16-17H,12-15H2,1-2H3,(H,23,25). The Balaban J connectivity index is 1.60. The number of carbonyl (C=O) groups is 2. The van der Waals surface area contributed by atoms with Crippen LogP contribution in [0.3, 0.4) is 0 Å². The van der Waals surface area contributed by atoms with Gasteiger partial charge in [0.2, 0.25) is 10.0 Å². The van der Waals surface area contributed by atoms with Crippen LogP contribution >= 0.6 is 0 Å². The number of amides is 1. The third-order valence-corrected chi connectivity index (χ3v) is 6.59. The number of sulfonamides is 1. The van der Waals surface area contributed by atoms with Crippen LogP contribution in [0, 0.1) is 0 Å². The van der Waals surface area contributed by atoms with Gasteiger partial charge in [0, 0.05) is 19.6 Å². The van der Waals surface area contributed by atoms with Crippen molar-refractivity contribution in [1.82, 2.24) is 9.62 Å². The molecule has 0 spiro atoms. The van der Waals surface area contributed by atoms with E-state index in [4.69, 9.17) is 9.47 Å². The molecule has 0 radical (unpaired) electrons. The van der Waals surface area contributed by atoms with E-state index >= 15 is 0 Å². The zero-order valence-electron chi connectivity index (χ0n) is 17.5. The van der Waals surface area contributed by atoms with Gasteiger partial charge in [-0.15, -0.1) is 0 Å². The summed E-state index contributed by atoms with van der Waals surface area (Å²) < 4.78 is 38.0. The van der Waals surface area contributed by atoms with Gasteiger partial charge in [-0.1, -0.05) is 36.4 Å². The summed E-state index contributed by atoms with van der Waals surface area (Å²) in [6, 6.07) is 15.0. The summed E-state index contributed by atoms with van der Waals surface area (Å²) in [6.07, 6.45) is -0.442. The van der Waals surface area contributed by atoms with Gasteiger partial charge in [0.25, 0.3) is 5.91 Å². The summed E-state index contributed by atoms with van der Waals surface area (Å²) in [5.74, 6) is -1.21. The van der Waals surface area contributed by atoms with Crippen molar-refractivity contribution in [3.05, 3.63) is 65.7 Å². The third-order valence-electron chi connectivity index (χ3n) is 4.76. The minimum absolute atomic E-state index is 0.00298. The number of hydrogen-bond acceptors (Lipinski definition) is 6. The third kappa shape index (κ3) is 6.13. The molecule has 9 heteroatoms. The Bertz CT molecular complexity index is 1020. The molecule has 1 aliphatic heterocycles. The van der Waals surface area contributed by atoms with Crippen LogP contribution in [0.25, 0.3) is 0 Å². The molecule has 1 fully saturated rings. The fourth-order valence-corrected chi connectivity index (χ4v) is 4.96. The van der Waals surface area contributed by atoms with Crippen LogP contribution in [0.1, 0.15) is 29.8 Å². The van der Waals surface area contributed by atoms with Crippen LogP contribution in [0.2, 0.25) is 0 Å². The second-order valence-corrected chi connectivity index (χ2v) is 9.38. The predicted octanol–water partition coefficient (Wildman–Crippen LogP) is 1.96. The summed E-state index contributed by atoms with van der Waals surface area (Å²) in [7, 11) is -3.79. The minimum Gasteiger partial charge on any atom is -0.452 e. The van der Waals surface area contributed by atoms with Crippen LogP contribution in [0.5, 0.6) is 0 Å². The molecule has 2 aromatic rings. The number of esters is 1. The highest BCUT2D eigenvalue weighted by molar-refractivity contribution is 7.89. The van der Waals surface area contributed by atoms with Crippen molar-refractivity contribution in [3.63, 3.8) is 0 Å². The summed E-state index contributed by atoms with van der Waals surface area (Å²) >= 11 is 0. The molecule has 1 N–H and O–H groups in total. The zero-order valence-corrected chi connectivity index (χ0v) is 18.3. The van der Waals surface area contributed by atoms with Crippen molar-refractivity contribution in [2.75, 3.05) is 19.7 Å². The van der Waals surface area contributed by atoms with Gasteiger partial charge in [-0.2, -0.15) is 4.31 Å². The number of nitrogens with zero attached hydrogens (tertiary/aromatic N) is 1. The van der Waals surface area contributed by atoms with E-state index in [2.05, 4.69) is 5.32 Å². The van der Waals surface area contributed by atoms with Crippen molar-refractivity contribution in [2.24, 2.45) is 0 Å². The van der Waals surface area contributed by atoms with E-state index in [1.165, 1.54) is 28.6 Å². The Hall–Kier alpha value is -2.75. The second kappa shape index (κ2) is 10.0. The largest absolute Gasteiger partial charge is 0.452 e. The molecule has 8 nitrogen and oxygen atoms in total. The van der Waals surface area contributed by atoms with Crippen LogP contribution in [-0.4, -0.2) is 56.5 Å². The van der Waals surface area contributed by atoms with Gasteiger partial charge in [-0.25, -0.2) is 13.2 Å². The lowest BCUT2D eigenvalue weighted by Crippen LogP contribution is -2.48. The van der Waals surface area contributed by atoms with Crippen LogP contribution in [0.4, 0.5) is 0 Å². The van der Waals surface area contributed by atoms with Crippen molar-refractivity contribution in [1.29, 1.82) is 0 Å². The smallest absolute Gasteiger partial charge is 0.338 e. The molecule has 0 aliphatic carbocycles. The maximum atomic E-state index is 13.0. The second-order valence-electron chi connectivity index (χ2n) is 7.45. The van der Waals surface area contributed by atoms with E-state index < -0.39 is 28.5 Å². The number of ether oxygens (including phenoxy) is 2. The van der Waals surface area contributed by atoms with Gasteiger partial charge in [-0.05, 0) is 37.6 Å². The highest BCUT2D eigenvalue weighted by Gasteiger charge is 2.32. The molecule has 2 atom stereocenters. The number of hydrogen-bond donors (Lipinski definition) is 1. The number of carbonyl (C=O) groups excluding carboxylic acids is 2. The number of benzene rings is 2. The molecule has 0 bridgehead atoms. The van der Waals surface area contributed by atoms with E-state index in [0.29, 0.717) is 6.54 Å². The lowest BCUT2D eigenvalue weighted by atomic mass is 10.2. The van der Waals surface area contributed by atoms with Crippen molar-refractivity contribution in [2.45, 2.75) is 37.5 Å². The first kappa shape index (κ1) is 22.9. The van der Waals surface area contributed by atoms with Crippen LogP contribution in [0.15, 0.2) is 59.5 Å². The van der Waals surface area contributed by atoms with E-state index in [-0.39, 0.29) is 35.8 Å². The molecular formula is C22H26N2O6S. The van der Waals surface area contributed by atoms with Crippen molar-refractivity contribution in [3.8, 4) is 0 Å². The molecule has 2 aromatic carbocycles. The number of morpholine rings is 1.